The molecule has 0 aliphatic heterocycles. The third-order valence-electron chi connectivity index (χ3n) is 4.13. The number of rotatable bonds is 6. The number of nitrogens with zero attached hydrogens (tertiary/aromatic N) is 3. The van der Waals surface area contributed by atoms with Gasteiger partial charge in [-0.2, -0.15) is 5.10 Å². The molecule has 0 spiro atoms. The van der Waals surface area contributed by atoms with Gasteiger partial charge in [0.05, 0.1) is 22.5 Å². The van der Waals surface area contributed by atoms with E-state index < -0.39 is 4.92 Å². The van der Waals surface area contributed by atoms with E-state index in [1.165, 1.54) is 12.1 Å². The van der Waals surface area contributed by atoms with Crippen molar-refractivity contribution < 1.29 is 14.5 Å². The molecule has 0 unspecified atom stereocenters. The maximum Gasteiger partial charge on any atom is 0.269 e. The third-order valence-corrected chi connectivity index (χ3v) is 4.13. The summed E-state index contributed by atoms with van der Waals surface area (Å²) in [5.74, 6) is 0.282. The molecule has 8 nitrogen and oxygen atoms in total. The summed E-state index contributed by atoms with van der Waals surface area (Å²) in [5.41, 5.74) is 2.84. The number of nitrogens with one attached hydrogen (secondary N) is 1. The Morgan fingerprint density at radius 1 is 1.26 bits per heavy atom. The van der Waals surface area contributed by atoms with Crippen LogP contribution in [0.1, 0.15) is 21.6 Å². The zero-order valence-electron chi connectivity index (χ0n) is 14.9. The number of hydrogen-bond acceptors (Lipinski definition) is 5. The highest BCUT2D eigenvalue weighted by molar-refractivity contribution is 6.04. The Kier molecular flexibility index (Phi) is 5.16. The van der Waals surface area contributed by atoms with E-state index in [2.05, 4.69) is 10.4 Å². The van der Waals surface area contributed by atoms with Crippen molar-refractivity contribution in [3.63, 3.8) is 0 Å². The Bertz CT molecular complexity index is 980. The van der Waals surface area contributed by atoms with E-state index in [1.54, 1.807) is 48.3 Å². The van der Waals surface area contributed by atoms with E-state index in [0.717, 1.165) is 11.3 Å². The first-order valence-electron chi connectivity index (χ1n) is 8.20. The van der Waals surface area contributed by atoms with Crippen LogP contribution in [0.4, 0.5) is 11.4 Å². The zero-order chi connectivity index (χ0) is 19.4. The maximum atomic E-state index is 12.5. The number of carbonyl (C=O) groups is 1. The average Bonchev–Trinajstić information content (AvgIpc) is 2.99. The molecule has 138 valence electrons. The van der Waals surface area contributed by atoms with E-state index in [1.807, 2.05) is 13.0 Å². The SMILES string of the molecule is Cc1c(NC(=O)c2cccc(COc3ccc([N+](=O)[O-])cc3)c2)cnn1C. The smallest absolute Gasteiger partial charge is 0.269 e. The minimum Gasteiger partial charge on any atom is -0.489 e. The minimum absolute atomic E-state index is 0.00622. The van der Waals surface area contributed by atoms with Crippen molar-refractivity contribution in [2.45, 2.75) is 13.5 Å². The predicted molar refractivity (Wildman–Crippen MR) is 99.8 cm³/mol. The Balaban J connectivity index is 1.65. The highest BCUT2D eigenvalue weighted by Gasteiger charge is 2.11. The van der Waals surface area contributed by atoms with Crippen molar-refractivity contribution in [2.24, 2.45) is 7.05 Å². The van der Waals surface area contributed by atoms with Crippen molar-refractivity contribution in [3.8, 4) is 5.75 Å². The van der Waals surface area contributed by atoms with Crippen LogP contribution in [0.3, 0.4) is 0 Å². The van der Waals surface area contributed by atoms with E-state index >= 15 is 0 Å². The second kappa shape index (κ2) is 7.69. The second-order valence-corrected chi connectivity index (χ2v) is 5.96. The monoisotopic (exact) mass is 366 g/mol. The van der Waals surface area contributed by atoms with Gasteiger partial charge in [-0.15, -0.1) is 0 Å². The van der Waals surface area contributed by atoms with Crippen LogP contribution in [-0.2, 0) is 13.7 Å². The molecule has 2 aromatic carbocycles. The number of anilines is 1. The average molecular weight is 366 g/mol. The van der Waals surface area contributed by atoms with E-state index in [9.17, 15) is 14.9 Å². The van der Waals surface area contributed by atoms with Crippen molar-refractivity contribution in [1.82, 2.24) is 9.78 Å². The molecule has 1 aromatic heterocycles. The number of nitro benzene ring substituents is 1. The largest absolute Gasteiger partial charge is 0.489 e. The second-order valence-electron chi connectivity index (χ2n) is 5.96. The molecule has 0 aliphatic carbocycles. The van der Waals surface area contributed by atoms with Crippen LogP contribution >= 0.6 is 0 Å². The minimum atomic E-state index is -0.462. The summed E-state index contributed by atoms with van der Waals surface area (Å²) in [6, 6.07) is 12.9. The van der Waals surface area contributed by atoms with Crippen LogP contribution < -0.4 is 10.1 Å². The molecule has 0 aliphatic rings. The van der Waals surface area contributed by atoms with Crippen LogP contribution in [-0.4, -0.2) is 20.6 Å². The number of non-ortho nitro benzene ring substituents is 1. The van der Waals surface area contributed by atoms with Crippen LogP contribution in [0.15, 0.2) is 54.7 Å². The van der Waals surface area contributed by atoms with Crippen LogP contribution in [0.5, 0.6) is 5.75 Å². The van der Waals surface area contributed by atoms with E-state index in [4.69, 9.17) is 4.74 Å². The van der Waals surface area contributed by atoms with Crippen LogP contribution in [0.25, 0.3) is 0 Å². The lowest BCUT2D eigenvalue weighted by Crippen LogP contribution is -2.13. The van der Waals surface area contributed by atoms with E-state index in [-0.39, 0.29) is 18.2 Å². The van der Waals surface area contributed by atoms with Gasteiger partial charge >= 0.3 is 0 Å². The van der Waals surface area contributed by atoms with Crippen molar-refractivity contribution in [1.29, 1.82) is 0 Å². The first-order chi connectivity index (χ1) is 12.9. The highest BCUT2D eigenvalue weighted by atomic mass is 16.6. The number of aryl methyl sites for hydroxylation is 1. The van der Waals surface area contributed by atoms with Gasteiger partial charge in [0.15, 0.2) is 0 Å². The highest BCUT2D eigenvalue weighted by Crippen LogP contribution is 2.19. The Labute approximate surface area is 155 Å². The topological polar surface area (TPSA) is 99.3 Å². The summed E-state index contributed by atoms with van der Waals surface area (Å²) in [6.45, 7) is 2.11. The van der Waals surface area contributed by atoms with Gasteiger partial charge in [-0.05, 0) is 36.8 Å². The Morgan fingerprint density at radius 3 is 2.63 bits per heavy atom. The molecule has 0 atom stereocenters. The molecule has 27 heavy (non-hydrogen) atoms. The number of carbonyl (C=O) groups excluding carboxylic acids is 1. The van der Waals surface area contributed by atoms with Crippen molar-refractivity contribution in [2.75, 3.05) is 5.32 Å². The molecule has 3 rings (SSSR count). The summed E-state index contributed by atoms with van der Waals surface area (Å²) in [5, 5.41) is 17.6. The fraction of sp³-hybridized carbons (Fsp3) is 0.158. The fourth-order valence-corrected chi connectivity index (χ4v) is 2.45. The molecule has 8 heteroatoms. The zero-order valence-corrected chi connectivity index (χ0v) is 14.9. The van der Waals surface area contributed by atoms with Gasteiger partial charge in [0, 0.05) is 24.7 Å². The van der Waals surface area contributed by atoms with Gasteiger partial charge in [-0.25, -0.2) is 0 Å². The standard InChI is InChI=1S/C19H18N4O4/c1-13-18(11-20-22(13)2)21-19(24)15-5-3-4-14(10-15)12-27-17-8-6-16(7-9-17)23(25)26/h3-11H,12H2,1-2H3,(H,21,24). The molecule has 1 N–H and O–H groups in total. The predicted octanol–water partition coefficient (Wildman–Crippen LogP) is 3.47. The van der Waals surface area contributed by atoms with Gasteiger partial charge in [0.25, 0.3) is 11.6 Å². The summed E-state index contributed by atoms with van der Waals surface area (Å²) in [7, 11) is 1.81. The number of amides is 1. The lowest BCUT2D eigenvalue weighted by atomic mass is 10.1. The van der Waals surface area contributed by atoms with Gasteiger partial charge < -0.3 is 10.1 Å². The number of hydrogen-bond donors (Lipinski definition) is 1. The molecule has 1 heterocycles. The van der Waals surface area contributed by atoms with Crippen molar-refractivity contribution >= 4 is 17.3 Å². The van der Waals surface area contributed by atoms with Gasteiger partial charge in [-0.3, -0.25) is 19.6 Å². The maximum absolute atomic E-state index is 12.5. The van der Waals surface area contributed by atoms with Gasteiger partial charge in [0.1, 0.15) is 12.4 Å². The molecule has 0 saturated carbocycles. The number of aromatic nitrogens is 2. The Hall–Kier alpha value is -3.68. The summed E-state index contributed by atoms with van der Waals surface area (Å²) >= 11 is 0. The summed E-state index contributed by atoms with van der Waals surface area (Å²) in [4.78, 5) is 22.7. The third kappa shape index (κ3) is 4.30. The number of ether oxygens (including phenoxy) is 1. The summed E-state index contributed by atoms with van der Waals surface area (Å²) in [6.07, 6.45) is 1.61. The van der Waals surface area contributed by atoms with Gasteiger partial charge in [-0.1, -0.05) is 12.1 Å². The molecule has 0 radical (unpaired) electrons. The molecule has 0 bridgehead atoms. The summed E-state index contributed by atoms with van der Waals surface area (Å²) < 4.78 is 7.32. The quantitative estimate of drug-likeness (QED) is 0.532. The molecule has 1 amide bonds. The Morgan fingerprint density at radius 2 is 2.00 bits per heavy atom. The lowest BCUT2D eigenvalue weighted by Gasteiger charge is -2.08. The van der Waals surface area contributed by atoms with Crippen LogP contribution in [0.2, 0.25) is 0 Å². The first kappa shape index (κ1) is 18.1. The molecule has 3 aromatic rings. The molecule has 0 saturated heterocycles. The first-order valence-corrected chi connectivity index (χ1v) is 8.20. The lowest BCUT2D eigenvalue weighted by molar-refractivity contribution is -0.384. The molecule has 0 fully saturated rings. The van der Waals surface area contributed by atoms with E-state index in [0.29, 0.717) is 17.0 Å². The number of nitro groups is 1. The molecular weight excluding hydrogens is 348 g/mol. The molecular formula is C19H18N4O4. The fourth-order valence-electron chi connectivity index (χ4n) is 2.45. The number of benzene rings is 2. The normalized spacial score (nSPS) is 10.4. The van der Waals surface area contributed by atoms with Crippen LogP contribution in [0, 0.1) is 17.0 Å². The van der Waals surface area contributed by atoms with Gasteiger partial charge in [0.2, 0.25) is 0 Å². The van der Waals surface area contributed by atoms with Crippen molar-refractivity contribution in [3.05, 3.63) is 81.7 Å².